The van der Waals surface area contributed by atoms with Crippen molar-refractivity contribution in [1.82, 2.24) is 10.6 Å². The van der Waals surface area contributed by atoms with Gasteiger partial charge in [0, 0.05) is 12.6 Å². The van der Waals surface area contributed by atoms with Crippen LogP contribution in [0, 0.1) is 0 Å². The van der Waals surface area contributed by atoms with E-state index in [1.54, 1.807) is 0 Å². The zero-order chi connectivity index (χ0) is 14.6. The monoisotopic (exact) mass is 322 g/mol. The Morgan fingerprint density at radius 3 is 2.67 bits per heavy atom. The van der Waals surface area contributed by atoms with Crippen LogP contribution in [0.5, 0.6) is 0 Å². The molecule has 0 spiro atoms. The summed E-state index contributed by atoms with van der Waals surface area (Å²) in [5, 5.41) is 5.90. The molecule has 2 N–H and O–H groups in total. The van der Waals surface area contributed by atoms with E-state index in [-0.39, 0.29) is 36.3 Å². The Bertz CT molecular complexity index is 474. The summed E-state index contributed by atoms with van der Waals surface area (Å²) in [6.45, 7) is 1.39. The van der Waals surface area contributed by atoms with Crippen LogP contribution in [0.1, 0.15) is 24.0 Å². The molecule has 1 aliphatic rings. The normalized spacial score (nSPS) is 18.1. The number of halogens is 4. The van der Waals surface area contributed by atoms with Gasteiger partial charge in [-0.1, -0.05) is 18.2 Å². The van der Waals surface area contributed by atoms with E-state index in [4.69, 9.17) is 0 Å². The lowest BCUT2D eigenvalue weighted by Crippen LogP contribution is -2.38. The van der Waals surface area contributed by atoms with Crippen LogP contribution in [0.4, 0.5) is 13.2 Å². The molecule has 0 bridgehead atoms. The lowest BCUT2D eigenvalue weighted by molar-refractivity contribution is -0.138. The number of carbonyl (C=O) groups excluding carboxylic acids is 1. The molecule has 1 atom stereocenters. The summed E-state index contributed by atoms with van der Waals surface area (Å²) in [6, 6.07) is 5.41. The van der Waals surface area contributed by atoms with E-state index >= 15 is 0 Å². The minimum absolute atomic E-state index is 0. The number of rotatable bonds is 4. The average molecular weight is 323 g/mol. The molecule has 0 radical (unpaired) electrons. The molecular weight excluding hydrogens is 305 g/mol. The minimum atomic E-state index is -4.43. The van der Waals surface area contributed by atoms with Crippen molar-refractivity contribution in [3.8, 4) is 0 Å². The highest BCUT2D eigenvalue weighted by Crippen LogP contribution is 2.31. The molecule has 1 unspecified atom stereocenters. The second kappa shape index (κ2) is 7.66. The second-order valence-electron chi connectivity index (χ2n) is 4.93. The molecule has 1 amide bonds. The second-order valence-corrected chi connectivity index (χ2v) is 4.93. The first-order valence-electron chi connectivity index (χ1n) is 6.62. The van der Waals surface area contributed by atoms with E-state index in [1.165, 1.54) is 18.2 Å². The maximum Gasteiger partial charge on any atom is 0.416 e. The van der Waals surface area contributed by atoms with E-state index in [0.717, 1.165) is 25.5 Å². The maximum atomic E-state index is 12.8. The third kappa shape index (κ3) is 5.21. The van der Waals surface area contributed by atoms with Gasteiger partial charge in [0.25, 0.3) is 0 Å². The first kappa shape index (κ1) is 17.8. The number of hydrogen-bond donors (Lipinski definition) is 2. The van der Waals surface area contributed by atoms with Crippen molar-refractivity contribution in [2.45, 2.75) is 31.5 Å². The number of benzene rings is 1. The molecule has 2 rings (SSSR count). The van der Waals surface area contributed by atoms with E-state index in [1.807, 2.05) is 0 Å². The van der Waals surface area contributed by atoms with Gasteiger partial charge in [0.2, 0.25) is 5.91 Å². The molecule has 118 valence electrons. The van der Waals surface area contributed by atoms with Gasteiger partial charge in [-0.05, 0) is 31.0 Å². The third-order valence-corrected chi connectivity index (χ3v) is 3.38. The summed E-state index contributed by atoms with van der Waals surface area (Å²) in [5.41, 5.74) is -0.731. The molecule has 0 aromatic heterocycles. The third-order valence-electron chi connectivity index (χ3n) is 3.38. The molecule has 1 aliphatic heterocycles. The quantitative estimate of drug-likeness (QED) is 0.894. The van der Waals surface area contributed by atoms with Gasteiger partial charge in [-0.2, -0.15) is 13.2 Å². The van der Waals surface area contributed by atoms with Gasteiger partial charge in [0.1, 0.15) is 0 Å². The van der Waals surface area contributed by atoms with Crippen LogP contribution in [0.3, 0.4) is 0 Å². The standard InChI is InChI=1S/C14H17F3N2O.ClH/c15-14(16,17)12-6-2-1-4-10(12)8-13(20)19-9-11-5-3-7-18-11;/h1-2,4,6,11,18H,3,5,7-9H2,(H,19,20);1H. The molecule has 7 heteroatoms. The highest BCUT2D eigenvalue weighted by molar-refractivity contribution is 5.85. The predicted octanol–water partition coefficient (Wildman–Crippen LogP) is 2.54. The Morgan fingerprint density at radius 2 is 2.05 bits per heavy atom. The SMILES string of the molecule is Cl.O=C(Cc1ccccc1C(F)(F)F)NCC1CCCN1. The molecule has 1 aromatic carbocycles. The van der Waals surface area contributed by atoms with Crippen molar-refractivity contribution >= 4 is 18.3 Å². The largest absolute Gasteiger partial charge is 0.416 e. The predicted molar refractivity (Wildman–Crippen MR) is 76.4 cm³/mol. The van der Waals surface area contributed by atoms with Crippen molar-refractivity contribution in [2.75, 3.05) is 13.1 Å². The average Bonchev–Trinajstić information content (AvgIpc) is 2.89. The van der Waals surface area contributed by atoms with Gasteiger partial charge in [0.05, 0.1) is 12.0 Å². The zero-order valence-electron chi connectivity index (χ0n) is 11.4. The fourth-order valence-electron chi connectivity index (χ4n) is 2.35. The van der Waals surface area contributed by atoms with Gasteiger partial charge in [-0.3, -0.25) is 4.79 Å². The summed E-state index contributed by atoms with van der Waals surface area (Å²) in [5.74, 6) is -0.379. The van der Waals surface area contributed by atoms with Crippen LogP contribution in [0.25, 0.3) is 0 Å². The number of carbonyl (C=O) groups is 1. The van der Waals surface area contributed by atoms with E-state index < -0.39 is 11.7 Å². The van der Waals surface area contributed by atoms with E-state index in [2.05, 4.69) is 10.6 Å². The summed E-state index contributed by atoms with van der Waals surface area (Å²) < 4.78 is 38.4. The fraction of sp³-hybridized carbons (Fsp3) is 0.500. The number of alkyl halides is 3. The van der Waals surface area contributed by atoms with Gasteiger partial charge in [-0.25, -0.2) is 0 Å². The van der Waals surface area contributed by atoms with Gasteiger partial charge >= 0.3 is 6.18 Å². The summed E-state index contributed by atoms with van der Waals surface area (Å²) in [6.07, 6.45) is -2.62. The van der Waals surface area contributed by atoms with Crippen LogP contribution in [0.2, 0.25) is 0 Å². The van der Waals surface area contributed by atoms with Crippen LogP contribution in [-0.2, 0) is 17.4 Å². The van der Waals surface area contributed by atoms with Gasteiger partial charge < -0.3 is 10.6 Å². The Kier molecular flexibility index (Phi) is 6.48. The molecule has 3 nitrogen and oxygen atoms in total. The van der Waals surface area contributed by atoms with Gasteiger partial charge in [0.15, 0.2) is 0 Å². The first-order chi connectivity index (χ1) is 9.47. The number of nitrogens with one attached hydrogen (secondary N) is 2. The van der Waals surface area contributed by atoms with Crippen LogP contribution < -0.4 is 10.6 Å². The van der Waals surface area contributed by atoms with Crippen LogP contribution in [0.15, 0.2) is 24.3 Å². The molecule has 1 fully saturated rings. The van der Waals surface area contributed by atoms with Crippen molar-refractivity contribution in [3.05, 3.63) is 35.4 Å². The summed E-state index contributed by atoms with van der Waals surface area (Å²) >= 11 is 0. The zero-order valence-corrected chi connectivity index (χ0v) is 12.2. The lowest BCUT2D eigenvalue weighted by Gasteiger charge is -2.14. The molecule has 1 saturated heterocycles. The van der Waals surface area contributed by atoms with Crippen molar-refractivity contribution in [2.24, 2.45) is 0 Å². The maximum absolute atomic E-state index is 12.8. The number of amides is 1. The van der Waals surface area contributed by atoms with E-state index in [0.29, 0.717) is 6.54 Å². The van der Waals surface area contributed by atoms with Crippen LogP contribution >= 0.6 is 12.4 Å². The van der Waals surface area contributed by atoms with Crippen molar-refractivity contribution in [1.29, 1.82) is 0 Å². The fourth-order valence-corrected chi connectivity index (χ4v) is 2.35. The lowest BCUT2D eigenvalue weighted by atomic mass is 10.0. The Labute approximate surface area is 127 Å². The number of hydrogen-bond acceptors (Lipinski definition) is 2. The highest BCUT2D eigenvalue weighted by Gasteiger charge is 2.33. The van der Waals surface area contributed by atoms with Crippen molar-refractivity contribution in [3.63, 3.8) is 0 Å². The Hall–Kier alpha value is -1.27. The molecule has 0 saturated carbocycles. The highest BCUT2D eigenvalue weighted by atomic mass is 35.5. The Morgan fingerprint density at radius 1 is 1.33 bits per heavy atom. The molecule has 1 aromatic rings. The smallest absolute Gasteiger partial charge is 0.354 e. The Balaban J connectivity index is 0.00000220. The topological polar surface area (TPSA) is 41.1 Å². The molecule has 0 aliphatic carbocycles. The summed E-state index contributed by atoms with van der Waals surface area (Å²) in [7, 11) is 0. The molecular formula is C14H18ClF3N2O. The summed E-state index contributed by atoms with van der Waals surface area (Å²) in [4.78, 5) is 11.7. The molecule has 1 heterocycles. The van der Waals surface area contributed by atoms with Crippen LogP contribution in [-0.4, -0.2) is 25.0 Å². The van der Waals surface area contributed by atoms with Gasteiger partial charge in [-0.15, -0.1) is 12.4 Å². The van der Waals surface area contributed by atoms with Crippen molar-refractivity contribution < 1.29 is 18.0 Å². The first-order valence-corrected chi connectivity index (χ1v) is 6.62. The minimum Gasteiger partial charge on any atom is -0.354 e. The molecule has 21 heavy (non-hydrogen) atoms. The van der Waals surface area contributed by atoms with E-state index in [9.17, 15) is 18.0 Å².